The SMILES string of the molecule is Cc1[nH]c2ccccc2c1C(=O)COC(=O)c1ccc2c(c1)NC(=O)C(C)S2. The molecule has 1 atom stereocenters. The quantitative estimate of drug-likeness (QED) is 0.517. The number of ketones is 1. The monoisotopic (exact) mass is 394 g/mol. The van der Waals surface area contributed by atoms with Crippen LogP contribution in [0.15, 0.2) is 47.4 Å². The normalized spacial score (nSPS) is 15.8. The number of amides is 1. The van der Waals surface area contributed by atoms with Crippen LogP contribution in [0.5, 0.6) is 0 Å². The van der Waals surface area contributed by atoms with Gasteiger partial charge in [-0.3, -0.25) is 9.59 Å². The summed E-state index contributed by atoms with van der Waals surface area (Å²) in [6.07, 6.45) is 0. The number of aryl methyl sites for hydroxylation is 1. The van der Waals surface area contributed by atoms with Crippen LogP contribution < -0.4 is 5.32 Å². The van der Waals surface area contributed by atoms with Gasteiger partial charge in [0, 0.05) is 27.1 Å². The highest BCUT2D eigenvalue weighted by atomic mass is 32.2. The molecule has 1 unspecified atom stereocenters. The van der Waals surface area contributed by atoms with Crippen molar-refractivity contribution in [2.24, 2.45) is 0 Å². The van der Waals surface area contributed by atoms with Crippen molar-refractivity contribution in [1.29, 1.82) is 0 Å². The van der Waals surface area contributed by atoms with Gasteiger partial charge in [-0.1, -0.05) is 18.2 Å². The first-order chi connectivity index (χ1) is 13.4. The number of Topliss-reactive ketones (excluding diaryl/α,β-unsaturated/α-hetero) is 1. The number of hydrogen-bond acceptors (Lipinski definition) is 5. The Hall–Kier alpha value is -3.06. The molecule has 1 aliphatic heterocycles. The molecule has 0 saturated carbocycles. The first kappa shape index (κ1) is 18.3. The Morgan fingerprint density at radius 2 is 1.96 bits per heavy atom. The third kappa shape index (κ3) is 3.29. The zero-order chi connectivity index (χ0) is 19.8. The highest BCUT2D eigenvalue weighted by molar-refractivity contribution is 8.00. The van der Waals surface area contributed by atoms with E-state index in [0.717, 1.165) is 21.5 Å². The molecule has 142 valence electrons. The van der Waals surface area contributed by atoms with Crippen molar-refractivity contribution in [2.45, 2.75) is 24.0 Å². The Labute approximate surface area is 165 Å². The topological polar surface area (TPSA) is 88.3 Å². The Kier molecular flexibility index (Phi) is 4.68. The number of carbonyl (C=O) groups excluding carboxylic acids is 3. The summed E-state index contributed by atoms with van der Waals surface area (Å²) in [5.41, 5.74) is 3.02. The lowest BCUT2D eigenvalue weighted by atomic mass is 10.1. The molecule has 0 spiro atoms. The van der Waals surface area contributed by atoms with Gasteiger partial charge in [0.1, 0.15) is 0 Å². The van der Waals surface area contributed by atoms with Crippen LogP contribution in [0.25, 0.3) is 10.9 Å². The van der Waals surface area contributed by atoms with Gasteiger partial charge in [-0.25, -0.2) is 4.79 Å². The molecule has 0 aliphatic carbocycles. The molecule has 28 heavy (non-hydrogen) atoms. The first-order valence-electron chi connectivity index (χ1n) is 8.83. The van der Waals surface area contributed by atoms with Gasteiger partial charge in [0.25, 0.3) is 0 Å². The molecule has 1 aliphatic rings. The molecule has 0 bridgehead atoms. The predicted molar refractivity (Wildman–Crippen MR) is 108 cm³/mol. The number of benzene rings is 2. The van der Waals surface area contributed by atoms with E-state index in [4.69, 9.17) is 4.74 Å². The van der Waals surface area contributed by atoms with Gasteiger partial charge in [0.15, 0.2) is 6.61 Å². The van der Waals surface area contributed by atoms with E-state index in [9.17, 15) is 14.4 Å². The molecule has 0 saturated heterocycles. The van der Waals surface area contributed by atoms with Gasteiger partial charge in [-0.15, -0.1) is 11.8 Å². The highest BCUT2D eigenvalue weighted by Crippen LogP contribution is 2.36. The average Bonchev–Trinajstić information content (AvgIpc) is 3.02. The summed E-state index contributed by atoms with van der Waals surface area (Å²) >= 11 is 1.44. The number of hydrogen-bond donors (Lipinski definition) is 2. The second-order valence-corrected chi connectivity index (χ2v) is 8.01. The Bertz CT molecular complexity index is 1120. The highest BCUT2D eigenvalue weighted by Gasteiger charge is 2.24. The number of carbonyl (C=O) groups is 3. The summed E-state index contributed by atoms with van der Waals surface area (Å²) in [5, 5.41) is 3.41. The number of nitrogens with one attached hydrogen (secondary N) is 2. The summed E-state index contributed by atoms with van der Waals surface area (Å²) in [5.74, 6) is -0.974. The molecular weight excluding hydrogens is 376 g/mol. The van der Waals surface area contributed by atoms with Crippen LogP contribution in [-0.4, -0.2) is 34.5 Å². The lowest BCUT2D eigenvalue weighted by Crippen LogP contribution is -2.26. The van der Waals surface area contributed by atoms with E-state index in [2.05, 4.69) is 10.3 Å². The minimum Gasteiger partial charge on any atom is -0.454 e. The van der Waals surface area contributed by atoms with E-state index in [-0.39, 0.29) is 29.1 Å². The number of para-hydroxylation sites is 1. The van der Waals surface area contributed by atoms with E-state index < -0.39 is 5.97 Å². The van der Waals surface area contributed by atoms with Crippen molar-refractivity contribution in [3.05, 3.63) is 59.3 Å². The molecule has 0 radical (unpaired) electrons. The molecular formula is C21H18N2O4S. The first-order valence-corrected chi connectivity index (χ1v) is 9.71. The largest absolute Gasteiger partial charge is 0.454 e. The molecule has 2 aromatic carbocycles. The van der Waals surface area contributed by atoms with E-state index in [1.54, 1.807) is 18.2 Å². The minimum absolute atomic E-state index is 0.104. The minimum atomic E-state index is -0.605. The molecule has 3 aromatic rings. The van der Waals surface area contributed by atoms with Crippen LogP contribution >= 0.6 is 11.8 Å². The number of thioether (sulfide) groups is 1. The van der Waals surface area contributed by atoms with Crippen LogP contribution in [0.4, 0.5) is 5.69 Å². The van der Waals surface area contributed by atoms with Crippen molar-refractivity contribution < 1.29 is 19.1 Å². The summed E-state index contributed by atoms with van der Waals surface area (Å²) in [6, 6.07) is 12.5. The molecule has 4 rings (SSSR count). The van der Waals surface area contributed by atoms with Crippen molar-refractivity contribution in [3.8, 4) is 0 Å². The standard InChI is InChI=1S/C21H18N2O4S/c1-11-19(14-5-3-4-6-15(14)22-11)17(24)10-27-21(26)13-7-8-18-16(9-13)23-20(25)12(2)28-18/h3-9,12,22H,10H2,1-2H3,(H,23,25). The molecule has 7 heteroatoms. The lowest BCUT2D eigenvalue weighted by molar-refractivity contribution is -0.115. The van der Waals surface area contributed by atoms with Crippen molar-refractivity contribution >= 4 is 46.0 Å². The second-order valence-electron chi connectivity index (χ2n) is 6.63. The van der Waals surface area contributed by atoms with Crippen LogP contribution in [0.1, 0.15) is 33.3 Å². The number of aromatic amines is 1. The maximum absolute atomic E-state index is 12.6. The van der Waals surface area contributed by atoms with Crippen LogP contribution in [-0.2, 0) is 9.53 Å². The van der Waals surface area contributed by atoms with Crippen molar-refractivity contribution in [1.82, 2.24) is 4.98 Å². The van der Waals surface area contributed by atoms with E-state index in [0.29, 0.717) is 11.3 Å². The number of rotatable bonds is 4. The zero-order valence-corrected chi connectivity index (χ0v) is 16.2. The zero-order valence-electron chi connectivity index (χ0n) is 15.4. The summed E-state index contributed by atoms with van der Waals surface area (Å²) < 4.78 is 5.23. The van der Waals surface area contributed by atoms with Gasteiger partial charge in [-0.2, -0.15) is 0 Å². The summed E-state index contributed by atoms with van der Waals surface area (Å²) in [6.45, 7) is 3.29. The Morgan fingerprint density at radius 3 is 2.79 bits per heavy atom. The van der Waals surface area contributed by atoms with Crippen molar-refractivity contribution in [2.75, 3.05) is 11.9 Å². The molecule has 2 heterocycles. The maximum atomic E-state index is 12.6. The number of esters is 1. The summed E-state index contributed by atoms with van der Waals surface area (Å²) in [7, 11) is 0. The Balaban J connectivity index is 1.49. The second kappa shape index (κ2) is 7.16. The van der Waals surface area contributed by atoms with E-state index in [1.165, 1.54) is 11.8 Å². The lowest BCUT2D eigenvalue weighted by Gasteiger charge is -2.21. The fourth-order valence-electron chi connectivity index (χ4n) is 3.26. The van der Waals surface area contributed by atoms with E-state index in [1.807, 2.05) is 38.1 Å². The molecule has 2 N–H and O–H groups in total. The van der Waals surface area contributed by atoms with Gasteiger partial charge >= 0.3 is 5.97 Å². The van der Waals surface area contributed by atoms with Crippen LogP contribution in [0, 0.1) is 6.92 Å². The number of H-pyrrole nitrogens is 1. The summed E-state index contributed by atoms with van der Waals surface area (Å²) in [4.78, 5) is 40.9. The maximum Gasteiger partial charge on any atom is 0.338 e. The van der Waals surface area contributed by atoms with Gasteiger partial charge in [-0.05, 0) is 38.1 Å². The fourth-order valence-corrected chi connectivity index (χ4v) is 4.19. The van der Waals surface area contributed by atoms with Gasteiger partial charge < -0.3 is 15.0 Å². The number of anilines is 1. The molecule has 0 fully saturated rings. The smallest absolute Gasteiger partial charge is 0.338 e. The molecule has 1 aromatic heterocycles. The Morgan fingerprint density at radius 1 is 1.18 bits per heavy atom. The van der Waals surface area contributed by atoms with Crippen molar-refractivity contribution in [3.63, 3.8) is 0 Å². The molecule has 1 amide bonds. The van der Waals surface area contributed by atoms with Gasteiger partial charge in [0.2, 0.25) is 11.7 Å². The van der Waals surface area contributed by atoms with Crippen LogP contribution in [0.2, 0.25) is 0 Å². The number of aromatic nitrogens is 1. The third-order valence-corrected chi connectivity index (χ3v) is 5.83. The average molecular weight is 394 g/mol. The molecule has 6 nitrogen and oxygen atoms in total. The van der Waals surface area contributed by atoms with E-state index >= 15 is 0 Å². The van der Waals surface area contributed by atoms with Gasteiger partial charge in [0.05, 0.1) is 16.5 Å². The fraction of sp³-hybridized carbons (Fsp3) is 0.190. The third-order valence-electron chi connectivity index (χ3n) is 4.65. The van der Waals surface area contributed by atoms with Crippen LogP contribution in [0.3, 0.4) is 0 Å². The number of ether oxygens (including phenoxy) is 1. The predicted octanol–water partition coefficient (Wildman–Crippen LogP) is 3.95. The number of fused-ring (bicyclic) bond motifs is 2.